The van der Waals surface area contributed by atoms with Gasteiger partial charge in [-0.2, -0.15) is 0 Å². The molecule has 0 aliphatic carbocycles. The van der Waals surface area contributed by atoms with Crippen molar-refractivity contribution in [3.8, 4) is 0 Å². The zero-order valence-corrected chi connectivity index (χ0v) is 9.35. The normalized spacial score (nSPS) is 28.8. The molecule has 13 heavy (non-hydrogen) atoms. The average molecular weight is 182 g/mol. The molecular formula is C11H22N2. The van der Waals surface area contributed by atoms with Crippen LogP contribution < -0.4 is 5.32 Å². The molecule has 1 heterocycles. The van der Waals surface area contributed by atoms with Crippen LogP contribution in [-0.4, -0.2) is 36.1 Å². The molecule has 2 heteroatoms. The van der Waals surface area contributed by atoms with Crippen molar-refractivity contribution in [1.82, 2.24) is 10.2 Å². The minimum Gasteiger partial charge on any atom is -0.309 e. The lowest BCUT2D eigenvalue weighted by atomic mass is 9.99. The van der Waals surface area contributed by atoms with Gasteiger partial charge in [0.1, 0.15) is 0 Å². The first-order valence-electron chi connectivity index (χ1n) is 5.04. The Hall–Kier alpha value is -0.340. The summed E-state index contributed by atoms with van der Waals surface area (Å²) in [6.07, 6.45) is 0. The SMILES string of the molecule is C=C(C)CN1CC(C)(C)NCC1C. The van der Waals surface area contributed by atoms with E-state index in [1.54, 1.807) is 0 Å². The van der Waals surface area contributed by atoms with Gasteiger partial charge in [0, 0.05) is 31.2 Å². The first kappa shape index (κ1) is 10.7. The maximum atomic E-state index is 3.97. The van der Waals surface area contributed by atoms with Crippen LogP contribution in [0.5, 0.6) is 0 Å². The fourth-order valence-corrected chi connectivity index (χ4v) is 1.83. The summed E-state index contributed by atoms with van der Waals surface area (Å²) in [5, 5.41) is 3.54. The van der Waals surface area contributed by atoms with Gasteiger partial charge in [-0.15, -0.1) is 0 Å². The minimum atomic E-state index is 0.252. The molecule has 2 nitrogen and oxygen atoms in total. The molecule has 1 N–H and O–H groups in total. The van der Waals surface area contributed by atoms with Gasteiger partial charge in [-0.1, -0.05) is 12.2 Å². The van der Waals surface area contributed by atoms with Crippen molar-refractivity contribution in [1.29, 1.82) is 0 Å². The average Bonchev–Trinajstić information content (AvgIpc) is 1.95. The highest BCUT2D eigenvalue weighted by atomic mass is 15.2. The first-order chi connectivity index (χ1) is 5.91. The topological polar surface area (TPSA) is 15.3 Å². The Kier molecular flexibility index (Phi) is 3.14. The fraction of sp³-hybridized carbons (Fsp3) is 0.818. The van der Waals surface area contributed by atoms with Crippen LogP contribution in [0.2, 0.25) is 0 Å². The van der Waals surface area contributed by atoms with Crippen molar-refractivity contribution >= 4 is 0 Å². The molecule has 0 aromatic rings. The highest BCUT2D eigenvalue weighted by Crippen LogP contribution is 2.15. The predicted molar refractivity (Wildman–Crippen MR) is 57.9 cm³/mol. The van der Waals surface area contributed by atoms with Crippen LogP contribution in [-0.2, 0) is 0 Å². The molecule has 0 saturated carbocycles. The second kappa shape index (κ2) is 3.81. The summed E-state index contributed by atoms with van der Waals surface area (Å²) in [5.41, 5.74) is 1.51. The summed E-state index contributed by atoms with van der Waals surface area (Å²) in [4.78, 5) is 2.50. The van der Waals surface area contributed by atoms with Crippen LogP contribution in [0.15, 0.2) is 12.2 Å². The molecule has 0 spiro atoms. The van der Waals surface area contributed by atoms with E-state index in [1.165, 1.54) is 5.57 Å². The Morgan fingerprint density at radius 1 is 1.62 bits per heavy atom. The number of hydrogen-bond acceptors (Lipinski definition) is 2. The molecule has 0 radical (unpaired) electrons. The second-order valence-corrected chi connectivity index (χ2v) is 4.98. The number of hydrogen-bond donors (Lipinski definition) is 1. The van der Waals surface area contributed by atoms with Crippen LogP contribution in [0.3, 0.4) is 0 Å². The van der Waals surface area contributed by atoms with E-state index in [9.17, 15) is 0 Å². The Labute approximate surface area is 82.0 Å². The molecule has 0 aromatic heterocycles. The molecule has 1 atom stereocenters. The highest BCUT2D eigenvalue weighted by molar-refractivity contribution is 4.98. The first-order valence-corrected chi connectivity index (χ1v) is 5.04. The maximum absolute atomic E-state index is 3.97. The van der Waals surface area contributed by atoms with Crippen molar-refractivity contribution < 1.29 is 0 Å². The third-order valence-electron chi connectivity index (χ3n) is 2.57. The van der Waals surface area contributed by atoms with Gasteiger partial charge in [0.25, 0.3) is 0 Å². The third-order valence-corrected chi connectivity index (χ3v) is 2.57. The fourth-order valence-electron chi connectivity index (χ4n) is 1.83. The van der Waals surface area contributed by atoms with E-state index >= 15 is 0 Å². The zero-order valence-electron chi connectivity index (χ0n) is 9.35. The summed E-state index contributed by atoms with van der Waals surface area (Å²) in [5.74, 6) is 0. The van der Waals surface area contributed by atoms with Gasteiger partial charge in [0.2, 0.25) is 0 Å². The molecule has 1 aliphatic heterocycles. The van der Waals surface area contributed by atoms with Gasteiger partial charge in [-0.05, 0) is 27.7 Å². The van der Waals surface area contributed by atoms with E-state index in [0.29, 0.717) is 6.04 Å². The van der Waals surface area contributed by atoms with Gasteiger partial charge in [0.05, 0.1) is 0 Å². The van der Waals surface area contributed by atoms with Crippen molar-refractivity contribution in [2.45, 2.75) is 39.3 Å². The molecule has 1 rings (SSSR count). The molecule has 1 fully saturated rings. The van der Waals surface area contributed by atoms with E-state index in [0.717, 1.165) is 19.6 Å². The predicted octanol–water partition coefficient (Wildman–Crippen LogP) is 1.63. The lowest BCUT2D eigenvalue weighted by molar-refractivity contribution is 0.115. The highest BCUT2D eigenvalue weighted by Gasteiger charge is 2.29. The van der Waals surface area contributed by atoms with E-state index < -0.39 is 0 Å². The Bertz CT molecular complexity index is 196. The molecule has 1 saturated heterocycles. The lowest BCUT2D eigenvalue weighted by Crippen LogP contribution is -2.60. The van der Waals surface area contributed by atoms with Crippen LogP contribution in [0.1, 0.15) is 27.7 Å². The van der Waals surface area contributed by atoms with Gasteiger partial charge < -0.3 is 5.32 Å². The van der Waals surface area contributed by atoms with Crippen molar-refractivity contribution in [3.05, 3.63) is 12.2 Å². The summed E-state index contributed by atoms with van der Waals surface area (Å²) in [6.45, 7) is 16.1. The van der Waals surface area contributed by atoms with Crippen molar-refractivity contribution in [2.75, 3.05) is 19.6 Å². The zero-order chi connectivity index (χ0) is 10.1. The van der Waals surface area contributed by atoms with Crippen LogP contribution in [0.4, 0.5) is 0 Å². The Balaban J connectivity index is 2.55. The van der Waals surface area contributed by atoms with E-state index in [2.05, 4.69) is 44.5 Å². The van der Waals surface area contributed by atoms with Crippen molar-refractivity contribution in [2.24, 2.45) is 0 Å². The Morgan fingerprint density at radius 2 is 2.23 bits per heavy atom. The van der Waals surface area contributed by atoms with E-state index in [-0.39, 0.29) is 5.54 Å². The number of rotatable bonds is 2. The summed E-state index contributed by atoms with van der Waals surface area (Å²) in [7, 11) is 0. The third kappa shape index (κ3) is 3.12. The van der Waals surface area contributed by atoms with Gasteiger partial charge in [0.15, 0.2) is 0 Å². The van der Waals surface area contributed by atoms with Crippen LogP contribution in [0.25, 0.3) is 0 Å². The molecule has 1 unspecified atom stereocenters. The summed E-state index contributed by atoms with van der Waals surface area (Å²) >= 11 is 0. The summed E-state index contributed by atoms with van der Waals surface area (Å²) in [6, 6.07) is 0.629. The molecule has 1 aliphatic rings. The van der Waals surface area contributed by atoms with E-state index in [1.807, 2.05) is 0 Å². The number of nitrogens with one attached hydrogen (secondary N) is 1. The minimum absolute atomic E-state index is 0.252. The summed E-state index contributed by atoms with van der Waals surface area (Å²) < 4.78 is 0. The van der Waals surface area contributed by atoms with Gasteiger partial charge >= 0.3 is 0 Å². The monoisotopic (exact) mass is 182 g/mol. The largest absolute Gasteiger partial charge is 0.309 e. The van der Waals surface area contributed by atoms with Crippen LogP contribution in [0, 0.1) is 0 Å². The molecule has 0 amide bonds. The van der Waals surface area contributed by atoms with E-state index in [4.69, 9.17) is 0 Å². The van der Waals surface area contributed by atoms with Gasteiger partial charge in [-0.25, -0.2) is 0 Å². The number of piperazine rings is 1. The Morgan fingerprint density at radius 3 is 2.77 bits per heavy atom. The van der Waals surface area contributed by atoms with Gasteiger partial charge in [-0.3, -0.25) is 4.90 Å². The smallest absolute Gasteiger partial charge is 0.0253 e. The second-order valence-electron chi connectivity index (χ2n) is 4.98. The molecule has 76 valence electrons. The lowest BCUT2D eigenvalue weighted by Gasteiger charge is -2.43. The van der Waals surface area contributed by atoms with Crippen LogP contribution >= 0.6 is 0 Å². The molecule has 0 bridgehead atoms. The number of nitrogens with zero attached hydrogens (tertiary/aromatic N) is 1. The standard InChI is InChI=1S/C11H22N2/c1-9(2)7-13-8-11(4,5)12-6-10(13)3/h10,12H,1,6-8H2,2-5H3. The molecule has 0 aromatic carbocycles. The van der Waals surface area contributed by atoms with Crippen molar-refractivity contribution in [3.63, 3.8) is 0 Å². The quantitative estimate of drug-likeness (QED) is 0.653. The molecular weight excluding hydrogens is 160 g/mol. The maximum Gasteiger partial charge on any atom is 0.0253 e.